The lowest BCUT2D eigenvalue weighted by Crippen LogP contribution is -2.22. The van der Waals surface area contributed by atoms with Gasteiger partial charge in [-0.2, -0.15) is 0 Å². The molecule has 0 saturated heterocycles. The fourth-order valence-electron chi connectivity index (χ4n) is 3.50. The van der Waals surface area contributed by atoms with Gasteiger partial charge >= 0.3 is 0 Å². The lowest BCUT2D eigenvalue weighted by Gasteiger charge is -2.26. The zero-order valence-electron chi connectivity index (χ0n) is 6.54. The van der Waals surface area contributed by atoms with Crippen molar-refractivity contribution >= 4 is 15.9 Å². The van der Waals surface area contributed by atoms with E-state index < -0.39 is 0 Å². The maximum atomic E-state index is 3.76. The highest BCUT2D eigenvalue weighted by molar-refractivity contribution is 9.09. The maximum absolute atomic E-state index is 3.76. The van der Waals surface area contributed by atoms with Gasteiger partial charge in [-0.05, 0) is 42.9 Å². The van der Waals surface area contributed by atoms with E-state index in [4.69, 9.17) is 0 Å². The Morgan fingerprint density at radius 3 is 2.73 bits per heavy atom. The first-order chi connectivity index (χ1) is 5.36. The van der Waals surface area contributed by atoms with Crippen LogP contribution in [0.15, 0.2) is 12.2 Å². The molecule has 2 bridgehead atoms. The van der Waals surface area contributed by atoms with Crippen molar-refractivity contribution in [1.29, 1.82) is 0 Å². The van der Waals surface area contributed by atoms with E-state index >= 15 is 0 Å². The molecule has 60 valence electrons. The van der Waals surface area contributed by atoms with Gasteiger partial charge in [-0.25, -0.2) is 0 Å². The first-order valence-electron chi connectivity index (χ1n) is 4.68. The molecule has 0 N–H and O–H groups in total. The summed E-state index contributed by atoms with van der Waals surface area (Å²) in [6.45, 7) is 0. The lowest BCUT2D eigenvalue weighted by molar-refractivity contribution is 0.292. The Morgan fingerprint density at radius 2 is 1.91 bits per heavy atom. The fourth-order valence-corrected chi connectivity index (χ4v) is 4.46. The van der Waals surface area contributed by atoms with Crippen molar-refractivity contribution < 1.29 is 0 Å². The van der Waals surface area contributed by atoms with Crippen molar-refractivity contribution in [2.75, 3.05) is 0 Å². The maximum Gasteiger partial charge on any atom is 0.0362 e. The molecular formula is C10H13Br. The van der Waals surface area contributed by atoms with Crippen LogP contribution in [0.4, 0.5) is 0 Å². The van der Waals surface area contributed by atoms with Gasteiger partial charge in [0.1, 0.15) is 0 Å². The average Bonchev–Trinajstić information content (AvgIpc) is 2.60. The lowest BCUT2D eigenvalue weighted by atomic mass is 9.81. The minimum atomic E-state index is 0.711. The Bertz CT molecular complexity index is 209. The minimum absolute atomic E-state index is 0.711. The van der Waals surface area contributed by atoms with Crippen LogP contribution in [-0.4, -0.2) is 4.83 Å². The van der Waals surface area contributed by atoms with E-state index in [0.717, 1.165) is 23.7 Å². The Kier molecular flexibility index (Phi) is 1.30. The van der Waals surface area contributed by atoms with E-state index in [9.17, 15) is 0 Å². The number of rotatable bonds is 0. The monoisotopic (exact) mass is 212 g/mol. The Morgan fingerprint density at radius 1 is 1.09 bits per heavy atom. The molecule has 3 rings (SSSR count). The molecule has 0 aliphatic heterocycles. The van der Waals surface area contributed by atoms with Crippen LogP contribution in [0.3, 0.4) is 0 Å². The van der Waals surface area contributed by atoms with Crippen molar-refractivity contribution in [2.45, 2.75) is 24.1 Å². The number of alkyl halides is 1. The molecule has 0 amide bonds. The number of halogens is 1. The minimum Gasteiger partial charge on any atom is -0.0842 e. The molecule has 2 saturated carbocycles. The van der Waals surface area contributed by atoms with E-state index in [-0.39, 0.29) is 0 Å². The second kappa shape index (κ2) is 2.12. The van der Waals surface area contributed by atoms with Gasteiger partial charge < -0.3 is 0 Å². The quantitative estimate of drug-likeness (QED) is 0.428. The molecule has 0 radical (unpaired) electrons. The zero-order chi connectivity index (χ0) is 7.42. The number of allylic oxidation sites excluding steroid dienone is 2. The number of hydrogen-bond acceptors (Lipinski definition) is 0. The van der Waals surface area contributed by atoms with Gasteiger partial charge in [0, 0.05) is 4.83 Å². The summed E-state index contributed by atoms with van der Waals surface area (Å²) in [5.74, 6) is 4.06. The SMILES string of the molecule is BrC1C=CC2C1[C@H]1CC[C@@H]2C1. The molecule has 0 aromatic rings. The molecule has 0 aromatic heterocycles. The van der Waals surface area contributed by atoms with Crippen molar-refractivity contribution in [2.24, 2.45) is 23.7 Å². The molecule has 1 heteroatoms. The molecule has 2 fully saturated rings. The van der Waals surface area contributed by atoms with Crippen molar-refractivity contribution in [3.8, 4) is 0 Å². The molecule has 3 aliphatic rings. The summed E-state index contributed by atoms with van der Waals surface area (Å²) in [6, 6.07) is 0. The van der Waals surface area contributed by atoms with E-state index in [1.807, 2.05) is 0 Å². The van der Waals surface area contributed by atoms with Crippen molar-refractivity contribution in [3.63, 3.8) is 0 Å². The van der Waals surface area contributed by atoms with Gasteiger partial charge in [-0.15, -0.1) is 0 Å². The van der Waals surface area contributed by atoms with Crippen molar-refractivity contribution in [1.82, 2.24) is 0 Å². The van der Waals surface area contributed by atoms with E-state index in [2.05, 4.69) is 28.1 Å². The van der Waals surface area contributed by atoms with Gasteiger partial charge in [0.2, 0.25) is 0 Å². The predicted molar refractivity (Wildman–Crippen MR) is 49.7 cm³/mol. The molecule has 0 nitrogen and oxygen atoms in total. The highest BCUT2D eigenvalue weighted by atomic mass is 79.9. The third-order valence-corrected chi connectivity index (χ3v) is 4.85. The summed E-state index contributed by atoms with van der Waals surface area (Å²) in [7, 11) is 0. The van der Waals surface area contributed by atoms with Gasteiger partial charge in [-0.3, -0.25) is 0 Å². The highest BCUT2D eigenvalue weighted by Crippen LogP contribution is 2.57. The van der Waals surface area contributed by atoms with Crippen LogP contribution in [0, 0.1) is 23.7 Å². The van der Waals surface area contributed by atoms with Gasteiger partial charge in [-0.1, -0.05) is 28.1 Å². The summed E-state index contributed by atoms with van der Waals surface area (Å²) < 4.78 is 0. The zero-order valence-corrected chi connectivity index (χ0v) is 8.13. The molecule has 0 spiro atoms. The number of fused-ring (bicyclic) bond motifs is 5. The average molecular weight is 213 g/mol. The summed E-state index contributed by atoms with van der Waals surface area (Å²) in [5, 5.41) is 0. The molecule has 3 aliphatic carbocycles. The Hall–Kier alpha value is 0.220. The van der Waals surface area contributed by atoms with E-state index in [0.29, 0.717) is 4.83 Å². The van der Waals surface area contributed by atoms with Crippen LogP contribution in [0.1, 0.15) is 19.3 Å². The topological polar surface area (TPSA) is 0 Å². The van der Waals surface area contributed by atoms with E-state index in [1.54, 1.807) is 0 Å². The third-order valence-electron chi connectivity index (χ3n) is 3.93. The molecule has 3 unspecified atom stereocenters. The summed E-state index contributed by atoms with van der Waals surface area (Å²) in [6.07, 6.45) is 9.39. The summed E-state index contributed by atoms with van der Waals surface area (Å²) >= 11 is 3.76. The third kappa shape index (κ3) is 0.756. The van der Waals surface area contributed by atoms with Crippen LogP contribution in [0.5, 0.6) is 0 Å². The Balaban J connectivity index is 1.96. The first kappa shape index (κ1) is 6.71. The van der Waals surface area contributed by atoms with Gasteiger partial charge in [0.15, 0.2) is 0 Å². The van der Waals surface area contributed by atoms with Crippen LogP contribution < -0.4 is 0 Å². The normalized spacial score (nSPS) is 58.8. The van der Waals surface area contributed by atoms with Gasteiger partial charge in [0.25, 0.3) is 0 Å². The fraction of sp³-hybridized carbons (Fsp3) is 0.800. The Labute approximate surface area is 76.2 Å². The summed E-state index contributed by atoms with van der Waals surface area (Å²) in [4.78, 5) is 0.711. The molecular weight excluding hydrogens is 200 g/mol. The molecule has 11 heavy (non-hydrogen) atoms. The largest absolute Gasteiger partial charge is 0.0842 e. The van der Waals surface area contributed by atoms with Crippen LogP contribution >= 0.6 is 15.9 Å². The predicted octanol–water partition coefficient (Wildman–Crippen LogP) is 2.98. The van der Waals surface area contributed by atoms with Crippen LogP contribution in [0.2, 0.25) is 0 Å². The molecule has 0 aromatic carbocycles. The summed E-state index contributed by atoms with van der Waals surface area (Å²) in [5.41, 5.74) is 0. The van der Waals surface area contributed by atoms with Crippen LogP contribution in [0.25, 0.3) is 0 Å². The first-order valence-corrected chi connectivity index (χ1v) is 5.60. The molecule has 5 atom stereocenters. The van der Waals surface area contributed by atoms with Crippen LogP contribution in [-0.2, 0) is 0 Å². The second-order valence-electron chi connectivity index (χ2n) is 4.32. The molecule has 0 heterocycles. The smallest absolute Gasteiger partial charge is 0.0362 e. The highest BCUT2D eigenvalue weighted by Gasteiger charge is 2.50. The second-order valence-corrected chi connectivity index (χ2v) is 5.37. The standard InChI is InChI=1S/C10H13Br/c11-9-4-3-8-6-1-2-7(5-6)10(8)9/h3-4,6-10H,1-2,5H2/t6-,7+,8?,9?,10?/m1/s1. The number of hydrogen-bond donors (Lipinski definition) is 0. The van der Waals surface area contributed by atoms with Crippen molar-refractivity contribution in [3.05, 3.63) is 12.2 Å². The van der Waals surface area contributed by atoms with Gasteiger partial charge in [0.05, 0.1) is 0 Å². The van der Waals surface area contributed by atoms with E-state index in [1.165, 1.54) is 19.3 Å².